The first kappa shape index (κ1) is 21.0. The molecule has 2 N–H and O–H groups in total. The number of aromatic nitrogens is 1. The molecule has 6 unspecified atom stereocenters. The van der Waals surface area contributed by atoms with Crippen LogP contribution in [0.15, 0.2) is 47.8 Å². The second-order valence-electron chi connectivity index (χ2n) is 11.8. The number of hydroxylamine groups is 3. The second-order valence-corrected chi connectivity index (χ2v) is 11.8. The first-order chi connectivity index (χ1) is 15.3. The highest BCUT2D eigenvalue weighted by Crippen LogP contribution is 2.66. The highest BCUT2D eigenvalue weighted by atomic mass is 16.5. The molecule has 2 spiro atoms. The van der Waals surface area contributed by atoms with Gasteiger partial charge in [-0.05, 0) is 72.6 Å². The van der Waals surface area contributed by atoms with Gasteiger partial charge in [0.05, 0.1) is 25.3 Å². The lowest BCUT2D eigenvalue weighted by Crippen LogP contribution is -2.58. The van der Waals surface area contributed by atoms with Crippen molar-refractivity contribution in [3.63, 3.8) is 0 Å². The Bertz CT molecular complexity index is 967. The van der Waals surface area contributed by atoms with E-state index in [-0.39, 0.29) is 27.3 Å². The summed E-state index contributed by atoms with van der Waals surface area (Å²) in [7, 11) is 3.84. The van der Waals surface area contributed by atoms with E-state index in [2.05, 4.69) is 35.4 Å². The van der Waals surface area contributed by atoms with Gasteiger partial charge in [-0.2, -0.15) is 4.65 Å². The summed E-state index contributed by atoms with van der Waals surface area (Å²) in [6.07, 6.45) is 17.7. The average Bonchev–Trinajstić information content (AvgIpc) is 3.27. The number of hydrogen-bond donors (Lipinski definition) is 2. The molecule has 6 atom stereocenters. The lowest BCUT2D eigenvalue weighted by Gasteiger charge is -2.54. The summed E-state index contributed by atoms with van der Waals surface area (Å²) >= 11 is 0. The van der Waals surface area contributed by atoms with Crippen LogP contribution in [0.2, 0.25) is 0 Å². The van der Waals surface area contributed by atoms with Gasteiger partial charge in [-0.25, -0.2) is 5.21 Å². The van der Waals surface area contributed by atoms with Crippen LogP contribution >= 0.6 is 0 Å². The van der Waals surface area contributed by atoms with Crippen molar-refractivity contribution in [2.45, 2.75) is 88.1 Å². The first-order valence-electron chi connectivity index (χ1n) is 12.6. The molecule has 2 saturated carbocycles. The SMILES string of the molecule is CC12CC=C3C=C4CCC([N+](C)(C)O)CC45CCC3(O5)C1CCC2NCc1cccnc1. The van der Waals surface area contributed by atoms with E-state index in [0.717, 1.165) is 45.1 Å². The van der Waals surface area contributed by atoms with Crippen molar-refractivity contribution >= 4 is 0 Å². The van der Waals surface area contributed by atoms with Gasteiger partial charge in [0.2, 0.25) is 0 Å². The number of nitrogens with zero attached hydrogens (tertiary/aromatic N) is 2. The Morgan fingerprint density at radius 2 is 2.12 bits per heavy atom. The van der Waals surface area contributed by atoms with Gasteiger partial charge in [0.25, 0.3) is 0 Å². The largest absolute Gasteiger partial charge is 0.359 e. The van der Waals surface area contributed by atoms with Crippen molar-refractivity contribution in [2.75, 3.05) is 14.1 Å². The summed E-state index contributed by atoms with van der Waals surface area (Å²) in [6, 6.07) is 4.93. The standard InChI is InChI=1S/C27H38N3O2/c1-25-11-10-21-15-20-6-7-22(30(2,3)31)16-26(20)12-13-27(21,32-26)23(25)8-9-24(25)29-18-19-5-4-14-28-17-19/h4-5,10,14-15,17,22-24,29,31H,6-9,11-13,16,18H2,1-3H3/q+1. The van der Waals surface area contributed by atoms with Crippen molar-refractivity contribution in [1.82, 2.24) is 10.3 Å². The van der Waals surface area contributed by atoms with Crippen LogP contribution in [-0.2, 0) is 11.3 Å². The fourth-order valence-corrected chi connectivity index (χ4v) is 8.00. The molecule has 5 heteroatoms. The molecular formula is C27H38N3O2+. The lowest BCUT2D eigenvalue weighted by molar-refractivity contribution is -1.09. The molecule has 1 aromatic rings. The molecule has 5 nitrogen and oxygen atoms in total. The molecule has 3 aliphatic carbocycles. The Kier molecular flexibility index (Phi) is 4.59. The van der Waals surface area contributed by atoms with Crippen LogP contribution in [0.3, 0.4) is 0 Å². The smallest absolute Gasteiger partial charge is 0.122 e. The number of ether oxygens (including phenoxy) is 1. The van der Waals surface area contributed by atoms with E-state index in [4.69, 9.17) is 4.74 Å². The topological polar surface area (TPSA) is 54.4 Å². The van der Waals surface area contributed by atoms with E-state index in [0.29, 0.717) is 12.0 Å². The number of hydrogen-bond acceptors (Lipinski definition) is 4. The summed E-state index contributed by atoms with van der Waals surface area (Å²) in [5.74, 6) is 0.551. The Morgan fingerprint density at radius 3 is 2.91 bits per heavy atom. The highest BCUT2D eigenvalue weighted by Gasteiger charge is 2.67. The summed E-state index contributed by atoms with van der Waals surface area (Å²) in [5.41, 5.74) is 4.14. The Balaban J connectivity index is 1.28. The van der Waals surface area contributed by atoms with Gasteiger partial charge in [-0.1, -0.05) is 25.1 Å². The molecule has 1 saturated heterocycles. The molecule has 2 bridgehead atoms. The predicted octanol–water partition coefficient (Wildman–Crippen LogP) is 4.53. The average molecular weight is 437 g/mol. The zero-order valence-corrected chi connectivity index (χ0v) is 19.8. The van der Waals surface area contributed by atoms with E-state index >= 15 is 0 Å². The maximum Gasteiger partial charge on any atom is 0.122 e. The summed E-state index contributed by atoms with van der Waals surface area (Å²) < 4.78 is 7.35. The maximum absolute atomic E-state index is 10.7. The Labute approximate surface area is 192 Å². The minimum atomic E-state index is -0.155. The van der Waals surface area contributed by atoms with Gasteiger partial charge in [-0.3, -0.25) is 4.98 Å². The second kappa shape index (κ2) is 6.99. The molecule has 1 aromatic heterocycles. The quantitative estimate of drug-likeness (QED) is 0.538. The van der Waals surface area contributed by atoms with E-state index < -0.39 is 0 Å². The number of rotatable bonds is 4. The Hall–Kier alpha value is -1.53. The van der Waals surface area contributed by atoms with Gasteiger partial charge in [-0.15, -0.1) is 0 Å². The van der Waals surface area contributed by atoms with Gasteiger partial charge < -0.3 is 10.1 Å². The highest BCUT2D eigenvalue weighted by molar-refractivity contribution is 5.47. The molecule has 2 aliphatic heterocycles. The zero-order valence-electron chi connectivity index (χ0n) is 19.8. The summed E-state index contributed by atoms with van der Waals surface area (Å²) in [4.78, 5) is 4.28. The van der Waals surface area contributed by atoms with E-state index in [9.17, 15) is 5.21 Å². The van der Waals surface area contributed by atoms with Gasteiger partial charge in [0, 0.05) is 37.8 Å². The van der Waals surface area contributed by atoms with Crippen LogP contribution in [0.25, 0.3) is 0 Å². The van der Waals surface area contributed by atoms with Gasteiger partial charge >= 0.3 is 0 Å². The third-order valence-electron chi connectivity index (χ3n) is 9.82. The lowest BCUT2D eigenvalue weighted by atomic mass is 9.60. The van der Waals surface area contributed by atoms with Crippen molar-refractivity contribution in [3.05, 3.63) is 53.4 Å². The van der Waals surface area contributed by atoms with Crippen LogP contribution in [0.5, 0.6) is 0 Å². The minimum absolute atomic E-state index is 0.0512. The first-order valence-corrected chi connectivity index (χ1v) is 12.6. The van der Waals surface area contributed by atoms with Crippen molar-refractivity contribution in [3.8, 4) is 0 Å². The number of quaternary nitrogens is 1. The van der Waals surface area contributed by atoms with Crippen molar-refractivity contribution in [2.24, 2.45) is 11.3 Å². The molecule has 6 rings (SSSR count). The molecule has 0 radical (unpaired) electrons. The molecule has 32 heavy (non-hydrogen) atoms. The third-order valence-corrected chi connectivity index (χ3v) is 9.82. The maximum atomic E-state index is 10.7. The van der Waals surface area contributed by atoms with Crippen LogP contribution in [0.1, 0.15) is 63.9 Å². The summed E-state index contributed by atoms with van der Waals surface area (Å²) in [6.45, 7) is 3.38. The zero-order chi connectivity index (χ0) is 22.2. The minimum Gasteiger partial charge on any atom is -0.359 e. The fraction of sp³-hybridized carbons (Fsp3) is 0.667. The van der Waals surface area contributed by atoms with E-state index in [1.165, 1.54) is 29.6 Å². The van der Waals surface area contributed by atoms with E-state index in [1.54, 1.807) is 0 Å². The molecule has 5 aliphatic rings. The third kappa shape index (κ3) is 2.94. The summed E-state index contributed by atoms with van der Waals surface area (Å²) in [5, 5.41) is 14.6. The molecule has 3 heterocycles. The van der Waals surface area contributed by atoms with Crippen molar-refractivity contribution in [1.29, 1.82) is 0 Å². The normalized spacial score (nSPS) is 42.6. The van der Waals surface area contributed by atoms with Crippen LogP contribution < -0.4 is 5.32 Å². The molecule has 3 fully saturated rings. The van der Waals surface area contributed by atoms with E-state index in [1.807, 2.05) is 32.6 Å². The molecule has 172 valence electrons. The van der Waals surface area contributed by atoms with Crippen molar-refractivity contribution < 1.29 is 14.6 Å². The van der Waals surface area contributed by atoms with Crippen LogP contribution in [0, 0.1) is 11.3 Å². The number of fused-ring (bicyclic) bond motifs is 1. The molecule has 0 aromatic carbocycles. The molecular weight excluding hydrogens is 398 g/mol. The number of nitrogens with one attached hydrogen (secondary N) is 1. The molecule has 0 amide bonds. The number of pyridine rings is 1. The Morgan fingerprint density at radius 1 is 1.25 bits per heavy atom. The fourth-order valence-electron chi connectivity index (χ4n) is 8.00. The monoisotopic (exact) mass is 436 g/mol. The van der Waals surface area contributed by atoms with Crippen LogP contribution in [0.4, 0.5) is 0 Å². The van der Waals surface area contributed by atoms with Gasteiger partial charge in [0.15, 0.2) is 0 Å². The van der Waals surface area contributed by atoms with Crippen LogP contribution in [-0.4, -0.2) is 52.2 Å². The predicted molar refractivity (Wildman–Crippen MR) is 124 cm³/mol. The van der Waals surface area contributed by atoms with Gasteiger partial charge in [0.1, 0.15) is 6.04 Å². The number of allylic oxidation sites excluding steroid dienone is 1.